The van der Waals surface area contributed by atoms with Gasteiger partial charge in [0.2, 0.25) is 0 Å². The molecule has 15 heavy (non-hydrogen) atoms. The Kier molecular flexibility index (Phi) is 3.69. The van der Waals surface area contributed by atoms with Crippen LogP contribution in [0.3, 0.4) is 0 Å². The minimum atomic E-state index is -0.716. The maximum atomic E-state index is 10.8. The third-order valence-corrected chi connectivity index (χ3v) is 1.95. The highest BCUT2D eigenvalue weighted by atomic mass is 16.7. The summed E-state index contributed by atoms with van der Waals surface area (Å²) in [7, 11) is 1.26. The zero-order valence-corrected chi connectivity index (χ0v) is 8.56. The van der Waals surface area contributed by atoms with Crippen molar-refractivity contribution in [2.24, 2.45) is 0 Å². The first kappa shape index (κ1) is 11.1. The summed E-state index contributed by atoms with van der Waals surface area (Å²) >= 11 is 0. The molecule has 1 aromatic carbocycles. The number of benzene rings is 1. The molecule has 0 aliphatic rings. The average Bonchev–Trinajstić information content (AvgIpc) is 2.29. The Morgan fingerprint density at radius 1 is 1.40 bits per heavy atom. The van der Waals surface area contributed by atoms with Crippen LogP contribution in [0.25, 0.3) is 0 Å². The van der Waals surface area contributed by atoms with E-state index in [-0.39, 0.29) is 6.10 Å². The van der Waals surface area contributed by atoms with E-state index in [0.717, 1.165) is 5.56 Å². The molecule has 0 aromatic heterocycles. The monoisotopic (exact) mass is 205 g/mol. The van der Waals surface area contributed by atoms with Gasteiger partial charge in [-0.3, -0.25) is 0 Å². The quantitative estimate of drug-likeness (QED) is 0.695. The van der Waals surface area contributed by atoms with Crippen molar-refractivity contribution >= 4 is 6.16 Å². The van der Waals surface area contributed by atoms with Crippen LogP contribution in [-0.4, -0.2) is 13.3 Å². The third-order valence-electron chi connectivity index (χ3n) is 1.95. The SMILES string of the molecule is COC(=O)OC(C)c1ccc(C#N)cc1. The highest BCUT2D eigenvalue weighted by molar-refractivity contribution is 5.60. The Hall–Kier alpha value is -2.02. The lowest BCUT2D eigenvalue weighted by molar-refractivity contribution is 0.0430. The molecule has 0 amide bonds. The van der Waals surface area contributed by atoms with Crippen molar-refractivity contribution in [1.29, 1.82) is 5.26 Å². The van der Waals surface area contributed by atoms with E-state index in [4.69, 9.17) is 10.00 Å². The number of nitrogens with zero attached hydrogens (tertiary/aromatic N) is 1. The topological polar surface area (TPSA) is 59.3 Å². The smallest absolute Gasteiger partial charge is 0.438 e. The molecule has 0 aliphatic heterocycles. The van der Waals surface area contributed by atoms with E-state index in [1.165, 1.54) is 7.11 Å². The first-order valence-corrected chi connectivity index (χ1v) is 4.42. The number of carbonyl (C=O) groups is 1. The molecule has 4 nitrogen and oxygen atoms in total. The summed E-state index contributed by atoms with van der Waals surface area (Å²) in [6.45, 7) is 1.73. The number of hydrogen-bond donors (Lipinski definition) is 0. The van der Waals surface area contributed by atoms with Gasteiger partial charge in [-0.15, -0.1) is 0 Å². The number of methoxy groups -OCH3 is 1. The molecule has 0 saturated heterocycles. The molecule has 1 unspecified atom stereocenters. The van der Waals surface area contributed by atoms with Gasteiger partial charge < -0.3 is 9.47 Å². The molecule has 0 saturated carbocycles. The minimum absolute atomic E-state index is 0.384. The first-order chi connectivity index (χ1) is 7.17. The molecule has 0 spiro atoms. The summed E-state index contributed by atoms with van der Waals surface area (Å²) < 4.78 is 9.29. The number of rotatable bonds is 2. The summed E-state index contributed by atoms with van der Waals surface area (Å²) in [6.07, 6.45) is -1.10. The van der Waals surface area contributed by atoms with Gasteiger partial charge in [0.05, 0.1) is 18.7 Å². The molecule has 1 rings (SSSR count). The van der Waals surface area contributed by atoms with Crippen molar-refractivity contribution in [2.75, 3.05) is 7.11 Å². The van der Waals surface area contributed by atoms with E-state index in [2.05, 4.69) is 4.74 Å². The number of hydrogen-bond acceptors (Lipinski definition) is 4. The summed E-state index contributed by atoms with van der Waals surface area (Å²) in [4.78, 5) is 10.8. The molecule has 1 atom stereocenters. The van der Waals surface area contributed by atoms with Gasteiger partial charge in [0.25, 0.3) is 0 Å². The Labute approximate surface area is 88.0 Å². The molecule has 0 heterocycles. The van der Waals surface area contributed by atoms with Crippen molar-refractivity contribution in [3.63, 3.8) is 0 Å². The molecule has 4 heteroatoms. The molecule has 0 N–H and O–H groups in total. The van der Waals surface area contributed by atoms with Crippen LogP contribution in [0.2, 0.25) is 0 Å². The predicted molar refractivity (Wildman–Crippen MR) is 53.1 cm³/mol. The van der Waals surface area contributed by atoms with E-state index in [1.54, 1.807) is 31.2 Å². The third kappa shape index (κ3) is 2.99. The van der Waals surface area contributed by atoms with Gasteiger partial charge in [-0.25, -0.2) is 4.79 Å². The van der Waals surface area contributed by atoms with Gasteiger partial charge in [-0.05, 0) is 24.6 Å². The van der Waals surface area contributed by atoms with Gasteiger partial charge >= 0.3 is 6.16 Å². The van der Waals surface area contributed by atoms with E-state index < -0.39 is 6.16 Å². The fourth-order valence-electron chi connectivity index (χ4n) is 1.09. The van der Waals surface area contributed by atoms with Gasteiger partial charge in [0, 0.05) is 0 Å². The second kappa shape index (κ2) is 5.01. The summed E-state index contributed by atoms with van der Waals surface area (Å²) in [5.74, 6) is 0. The van der Waals surface area contributed by atoms with Gasteiger partial charge in [-0.1, -0.05) is 12.1 Å². The largest absolute Gasteiger partial charge is 0.508 e. The van der Waals surface area contributed by atoms with Gasteiger partial charge in [0.1, 0.15) is 6.10 Å². The van der Waals surface area contributed by atoms with Crippen molar-refractivity contribution in [1.82, 2.24) is 0 Å². The van der Waals surface area contributed by atoms with Crippen LogP contribution < -0.4 is 0 Å². The molecule has 78 valence electrons. The minimum Gasteiger partial charge on any atom is -0.438 e. The molecule has 0 aliphatic carbocycles. The fraction of sp³-hybridized carbons (Fsp3) is 0.273. The van der Waals surface area contributed by atoms with E-state index in [0.29, 0.717) is 5.56 Å². The normalized spacial score (nSPS) is 11.3. The number of ether oxygens (including phenoxy) is 2. The molecule has 0 fully saturated rings. The zero-order valence-electron chi connectivity index (χ0n) is 8.56. The zero-order chi connectivity index (χ0) is 11.3. The Balaban J connectivity index is 2.70. The summed E-state index contributed by atoms with van der Waals surface area (Å²) in [5.41, 5.74) is 1.39. The van der Waals surface area contributed by atoms with E-state index in [9.17, 15) is 4.79 Å². The van der Waals surface area contributed by atoms with Gasteiger partial charge in [0.15, 0.2) is 0 Å². The van der Waals surface area contributed by atoms with E-state index >= 15 is 0 Å². The van der Waals surface area contributed by atoms with Crippen LogP contribution in [0.4, 0.5) is 4.79 Å². The van der Waals surface area contributed by atoms with Crippen molar-refractivity contribution in [3.8, 4) is 6.07 Å². The highest BCUT2D eigenvalue weighted by Gasteiger charge is 2.11. The molecular weight excluding hydrogens is 194 g/mol. The lowest BCUT2D eigenvalue weighted by Crippen LogP contribution is -2.08. The maximum absolute atomic E-state index is 10.8. The Bertz CT molecular complexity index is 378. The standard InChI is InChI=1S/C11H11NO3/c1-8(15-11(13)14-2)10-5-3-9(7-12)4-6-10/h3-6,8H,1-2H3. The lowest BCUT2D eigenvalue weighted by atomic mass is 10.1. The highest BCUT2D eigenvalue weighted by Crippen LogP contribution is 2.17. The van der Waals surface area contributed by atoms with Crippen LogP contribution in [0.5, 0.6) is 0 Å². The Morgan fingerprint density at radius 3 is 2.47 bits per heavy atom. The van der Waals surface area contributed by atoms with Crippen LogP contribution in [0.15, 0.2) is 24.3 Å². The van der Waals surface area contributed by atoms with Crippen molar-refractivity contribution < 1.29 is 14.3 Å². The molecule has 0 radical (unpaired) electrons. The average molecular weight is 205 g/mol. The Morgan fingerprint density at radius 2 is 2.00 bits per heavy atom. The number of nitriles is 1. The first-order valence-electron chi connectivity index (χ1n) is 4.42. The lowest BCUT2D eigenvalue weighted by Gasteiger charge is -2.11. The van der Waals surface area contributed by atoms with Crippen LogP contribution >= 0.6 is 0 Å². The van der Waals surface area contributed by atoms with Crippen molar-refractivity contribution in [2.45, 2.75) is 13.0 Å². The van der Waals surface area contributed by atoms with Crippen LogP contribution in [0, 0.1) is 11.3 Å². The van der Waals surface area contributed by atoms with Crippen LogP contribution in [-0.2, 0) is 9.47 Å². The van der Waals surface area contributed by atoms with Gasteiger partial charge in [-0.2, -0.15) is 5.26 Å². The summed E-state index contributed by atoms with van der Waals surface area (Å²) in [5, 5.41) is 8.60. The molecular formula is C11H11NO3. The van der Waals surface area contributed by atoms with E-state index in [1.807, 2.05) is 6.07 Å². The maximum Gasteiger partial charge on any atom is 0.508 e. The second-order valence-corrected chi connectivity index (χ2v) is 2.95. The molecule has 1 aromatic rings. The fourth-order valence-corrected chi connectivity index (χ4v) is 1.09. The molecule has 0 bridgehead atoms. The summed E-state index contributed by atoms with van der Waals surface area (Å²) in [6, 6.07) is 8.84. The second-order valence-electron chi connectivity index (χ2n) is 2.95. The number of carbonyl (C=O) groups excluding carboxylic acids is 1. The van der Waals surface area contributed by atoms with Crippen molar-refractivity contribution in [3.05, 3.63) is 35.4 Å². The predicted octanol–water partition coefficient (Wildman–Crippen LogP) is 2.40. The van der Waals surface area contributed by atoms with Crippen LogP contribution in [0.1, 0.15) is 24.2 Å².